The van der Waals surface area contributed by atoms with Crippen molar-refractivity contribution >= 4 is 29.5 Å². The Morgan fingerprint density at radius 1 is 1.33 bits per heavy atom. The Labute approximate surface area is 143 Å². The van der Waals surface area contributed by atoms with Gasteiger partial charge in [0.05, 0.1) is 17.8 Å². The number of nitrogens with zero attached hydrogens (tertiary/aromatic N) is 1. The first-order chi connectivity index (χ1) is 11.4. The smallest absolute Gasteiger partial charge is 0.328 e. The molecule has 1 aromatic carbocycles. The molecule has 4 atom stereocenters. The second-order valence-corrected chi connectivity index (χ2v) is 7.82. The van der Waals surface area contributed by atoms with Crippen LogP contribution >= 0.6 is 11.8 Å². The van der Waals surface area contributed by atoms with Gasteiger partial charge in [-0.25, -0.2) is 4.79 Å². The number of hydrogen-bond donors (Lipinski definition) is 3. The third kappa shape index (κ3) is 2.65. The van der Waals surface area contributed by atoms with E-state index in [4.69, 9.17) is 0 Å². The van der Waals surface area contributed by atoms with Gasteiger partial charge in [0.1, 0.15) is 17.5 Å². The fraction of sp³-hybridized carbons (Fsp3) is 0.438. The second kappa shape index (κ2) is 6.10. The Kier molecular flexibility index (Phi) is 4.27. The molecule has 2 aliphatic rings. The number of β-lactam (4-membered cyclic amide) rings is 1. The number of aliphatic carboxylic acids is 1. The second-order valence-electron chi connectivity index (χ2n) is 6.17. The lowest BCUT2D eigenvalue weighted by molar-refractivity contribution is -0.161. The van der Waals surface area contributed by atoms with E-state index < -0.39 is 34.1 Å². The van der Waals surface area contributed by atoms with Gasteiger partial charge in [-0.2, -0.15) is 0 Å². The number of rotatable bonds is 5. The third-order valence-electron chi connectivity index (χ3n) is 4.40. The molecule has 7 nitrogen and oxygen atoms in total. The molecule has 3 N–H and O–H groups in total. The highest BCUT2D eigenvalue weighted by Gasteiger charge is 2.65. The van der Waals surface area contributed by atoms with Gasteiger partial charge in [-0.05, 0) is 12.5 Å². The molecule has 1 aromatic rings. The average Bonchev–Trinajstić information content (AvgIpc) is 2.84. The maximum atomic E-state index is 12.3. The van der Waals surface area contributed by atoms with Crippen molar-refractivity contribution in [1.29, 1.82) is 0 Å². The van der Waals surface area contributed by atoms with E-state index in [9.17, 15) is 24.6 Å². The fourth-order valence-electron chi connectivity index (χ4n) is 3.16. The summed E-state index contributed by atoms with van der Waals surface area (Å²) in [7, 11) is 0. The largest absolute Gasteiger partial charge is 0.480 e. The van der Waals surface area contributed by atoms with Crippen molar-refractivity contribution in [2.45, 2.75) is 35.5 Å². The van der Waals surface area contributed by atoms with Crippen LogP contribution in [0.4, 0.5) is 0 Å². The minimum atomic E-state index is -1.15. The van der Waals surface area contributed by atoms with Gasteiger partial charge in [0.25, 0.3) is 0 Å². The Bertz CT molecular complexity index is 682. The first-order valence-corrected chi connectivity index (χ1v) is 8.42. The van der Waals surface area contributed by atoms with Crippen LogP contribution in [0.5, 0.6) is 0 Å². The standard InChI is InChI=1S/C16H18N2O5S/c1-16(8-19)12(15(22)23)18-13(21)11(14(18)24-16)17-10(20)7-9-5-3-2-4-6-9/h2-6,11-12,14,19H,7-8H2,1H3,(H,17,20)(H,22,23)/t11-,12+,14-,16?/m1/s1. The number of carboxylic acids is 1. The minimum Gasteiger partial charge on any atom is -0.480 e. The van der Waals surface area contributed by atoms with Crippen LogP contribution in [0.15, 0.2) is 30.3 Å². The number of thioether (sulfide) groups is 1. The molecule has 0 aromatic heterocycles. The lowest BCUT2D eigenvalue weighted by Crippen LogP contribution is -2.71. The van der Waals surface area contributed by atoms with E-state index in [1.807, 2.05) is 30.3 Å². The number of hydrogen-bond acceptors (Lipinski definition) is 5. The van der Waals surface area contributed by atoms with E-state index >= 15 is 0 Å². The van der Waals surface area contributed by atoms with Gasteiger partial charge in [-0.1, -0.05) is 30.3 Å². The molecule has 2 saturated heterocycles. The van der Waals surface area contributed by atoms with Crippen LogP contribution in [-0.2, 0) is 20.8 Å². The van der Waals surface area contributed by atoms with Gasteiger partial charge in [-0.3, -0.25) is 9.59 Å². The van der Waals surface area contributed by atoms with Crippen molar-refractivity contribution in [1.82, 2.24) is 10.2 Å². The van der Waals surface area contributed by atoms with E-state index in [0.29, 0.717) is 0 Å². The number of benzene rings is 1. The molecule has 0 spiro atoms. The van der Waals surface area contributed by atoms with Crippen LogP contribution < -0.4 is 5.32 Å². The Hall–Kier alpha value is -2.06. The third-order valence-corrected chi connectivity index (χ3v) is 6.03. The number of fused-ring (bicyclic) bond motifs is 1. The summed E-state index contributed by atoms with van der Waals surface area (Å²) < 4.78 is -0.981. The van der Waals surface area contributed by atoms with Crippen molar-refractivity contribution in [2.24, 2.45) is 0 Å². The normalized spacial score (nSPS) is 31.3. The number of aliphatic hydroxyl groups excluding tert-OH is 1. The first kappa shape index (κ1) is 16.8. The number of carboxylic acid groups (broad SMARTS) is 1. The van der Waals surface area contributed by atoms with E-state index in [-0.39, 0.29) is 18.9 Å². The molecule has 2 amide bonds. The van der Waals surface area contributed by atoms with E-state index in [0.717, 1.165) is 5.56 Å². The summed E-state index contributed by atoms with van der Waals surface area (Å²) in [5, 5.41) is 21.1. The van der Waals surface area contributed by atoms with Crippen LogP contribution in [0, 0.1) is 0 Å². The zero-order valence-corrected chi connectivity index (χ0v) is 13.8. The molecule has 128 valence electrons. The highest BCUT2D eigenvalue weighted by atomic mass is 32.2. The molecule has 8 heteroatoms. The Morgan fingerprint density at radius 3 is 2.58 bits per heavy atom. The van der Waals surface area contributed by atoms with E-state index in [2.05, 4.69) is 5.32 Å². The fourth-order valence-corrected chi connectivity index (χ4v) is 4.79. The zero-order valence-electron chi connectivity index (χ0n) is 13.0. The number of aliphatic hydroxyl groups is 1. The monoisotopic (exact) mass is 350 g/mol. The summed E-state index contributed by atoms with van der Waals surface area (Å²) in [6.45, 7) is 1.25. The van der Waals surface area contributed by atoms with Gasteiger partial charge < -0.3 is 20.4 Å². The van der Waals surface area contributed by atoms with Crippen molar-refractivity contribution in [3.63, 3.8) is 0 Å². The van der Waals surface area contributed by atoms with Crippen molar-refractivity contribution < 1.29 is 24.6 Å². The molecule has 0 radical (unpaired) electrons. The molecule has 2 heterocycles. The van der Waals surface area contributed by atoms with Gasteiger partial charge in [-0.15, -0.1) is 11.8 Å². The van der Waals surface area contributed by atoms with Gasteiger partial charge in [0.15, 0.2) is 0 Å². The van der Waals surface area contributed by atoms with Crippen LogP contribution in [0.3, 0.4) is 0 Å². The topological polar surface area (TPSA) is 107 Å². The molecule has 1 unspecified atom stereocenters. The first-order valence-electron chi connectivity index (χ1n) is 7.54. The summed E-state index contributed by atoms with van der Waals surface area (Å²) >= 11 is 1.22. The molecule has 2 fully saturated rings. The zero-order chi connectivity index (χ0) is 17.5. The molecule has 3 rings (SSSR count). The van der Waals surface area contributed by atoms with E-state index in [1.54, 1.807) is 6.92 Å². The van der Waals surface area contributed by atoms with Crippen molar-refractivity contribution in [3.8, 4) is 0 Å². The lowest BCUT2D eigenvalue weighted by Gasteiger charge is -2.43. The highest BCUT2D eigenvalue weighted by Crippen LogP contribution is 2.50. The van der Waals surface area contributed by atoms with Crippen molar-refractivity contribution in [2.75, 3.05) is 6.61 Å². The quantitative estimate of drug-likeness (QED) is 0.637. The summed E-state index contributed by atoms with van der Waals surface area (Å²) in [4.78, 5) is 37.2. The number of carbonyl (C=O) groups excluding carboxylic acids is 2. The van der Waals surface area contributed by atoms with Crippen LogP contribution in [0.25, 0.3) is 0 Å². The molecule has 0 aliphatic carbocycles. The molecular weight excluding hydrogens is 332 g/mol. The minimum absolute atomic E-state index is 0.154. The predicted molar refractivity (Wildman–Crippen MR) is 87.2 cm³/mol. The molecule has 0 bridgehead atoms. The number of nitrogens with one attached hydrogen (secondary N) is 1. The SMILES string of the molecule is CC1(CO)S[C@@H]2[C@H](NC(=O)Cc3ccccc3)C(=O)N2[C@H]1C(=O)O. The Balaban J connectivity index is 1.69. The van der Waals surface area contributed by atoms with Gasteiger partial charge in [0, 0.05) is 0 Å². The maximum Gasteiger partial charge on any atom is 0.328 e. The molecule has 2 aliphatic heterocycles. The Morgan fingerprint density at radius 2 is 2.00 bits per heavy atom. The molecule has 24 heavy (non-hydrogen) atoms. The summed E-state index contributed by atoms with van der Waals surface area (Å²) in [5.74, 6) is -1.85. The summed E-state index contributed by atoms with van der Waals surface area (Å²) in [6, 6.07) is 7.32. The lowest BCUT2D eigenvalue weighted by atomic mass is 9.95. The highest BCUT2D eigenvalue weighted by molar-refractivity contribution is 8.01. The van der Waals surface area contributed by atoms with Crippen LogP contribution in [-0.4, -0.2) is 61.7 Å². The van der Waals surface area contributed by atoms with Crippen molar-refractivity contribution in [3.05, 3.63) is 35.9 Å². The molecule has 0 saturated carbocycles. The van der Waals surface area contributed by atoms with Crippen LogP contribution in [0.2, 0.25) is 0 Å². The number of amides is 2. The van der Waals surface area contributed by atoms with Crippen LogP contribution in [0.1, 0.15) is 12.5 Å². The number of carbonyl (C=O) groups is 3. The summed E-state index contributed by atoms with van der Waals surface area (Å²) in [5.41, 5.74) is 0.835. The molecular formula is C16H18N2O5S. The maximum absolute atomic E-state index is 12.3. The van der Waals surface area contributed by atoms with Gasteiger partial charge in [0.2, 0.25) is 11.8 Å². The predicted octanol–water partition coefficient (Wildman–Crippen LogP) is -0.167. The van der Waals surface area contributed by atoms with E-state index in [1.165, 1.54) is 16.7 Å². The average molecular weight is 350 g/mol. The summed E-state index contributed by atoms with van der Waals surface area (Å²) in [6.07, 6.45) is 0.154. The van der Waals surface area contributed by atoms with Gasteiger partial charge >= 0.3 is 5.97 Å².